The molecule has 0 aromatic carbocycles. The molecule has 0 N–H and O–H groups in total. The van der Waals surface area contributed by atoms with Gasteiger partial charge in [-0.25, -0.2) is 4.98 Å². The highest BCUT2D eigenvalue weighted by atomic mass is 35.5. The molecule has 0 saturated heterocycles. The molecule has 0 radical (unpaired) electrons. The smallest absolute Gasteiger partial charge is 0.185 e. The largest absolute Gasteiger partial charge is 0.493 e. The maximum Gasteiger partial charge on any atom is 0.185 e. The van der Waals surface area contributed by atoms with E-state index in [9.17, 15) is 0 Å². The van der Waals surface area contributed by atoms with Crippen LogP contribution < -0.4 is 14.2 Å². The van der Waals surface area contributed by atoms with Crippen molar-refractivity contribution in [3.05, 3.63) is 41.4 Å². The van der Waals surface area contributed by atoms with Gasteiger partial charge in [0.1, 0.15) is 23.2 Å². The van der Waals surface area contributed by atoms with Crippen LogP contribution in [-0.2, 0) is 6.61 Å². The van der Waals surface area contributed by atoms with Gasteiger partial charge in [-0.2, -0.15) is 0 Å². The third-order valence-corrected chi connectivity index (χ3v) is 2.67. The number of hydrogen-bond acceptors (Lipinski definition) is 5. The van der Waals surface area contributed by atoms with E-state index in [2.05, 4.69) is 9.97 Å². The second-order valence-electron chi connectivity index (χ2n) is 3.60. The number of halogens is 1. The van der Waals surface area contributed by atoms with Crippen molar-refractivity contribution in [2.75, 3.05) is 14.2 Å². The van der Waals surface area contributed by atoms with Gasteiger partial charge in [-0.05, 0) is 12.1 Å². The average Bonchev–Trinajstić information content (AvgIpc) is 2.46. The molecule has 0 saturated carbocycles. The fourth-order valence-electron chi connectivity index (χ4n) is 1.55. The van der Waals surface area contributed by atoms with Crippen molar-refractivity contribution in [1.82, 2.24) is 9.97 Å². The van der Waals surface area contributed by atoms with Crippen molar-refractivity contribution in [2.45, 2.75) is 6.61 Å². The summed E-state index contributed by atoms with van der Waals surface area (Å²) in [5.41, 5.74) is 0.650. The predicted molar refractivity (Wildman–Crippen MR) is 70.9 cm³/mol. The van der Waals surface area contributed by atoms with Crippen molar-refractivity contribution in [1.29, 1.82) is 0 Å². The Kier molecular flexibility index (Phi) is 4.41. The summed E-state index contributed by atoms with van der Waals surface area (Å²) in [7, 11) is 3.14. The number of aromatic nitrogens is 2. The van der Waals surface area contributed by atoms with Crippen molar-refractivity contribution >= 4 is 11.6 Å². The van der Waals surface area contributed by atoms with Crippen LogP contribution >= 0.6 is 11.6 Å². The van der Waals surface area contributed by atoms with Crippen LogP contribution in [-0.4, -0.2) is 24.2 Å². The molecule has 100 valence electrons. The van der Waals surface area contributed by atoms with Crippen LogP contribution in [0.2, 0.25) is 5.15 Å². The summed E-state index contributed by atoms with van der Waals surface area (Å²) in [4.78, 5) is 8.15. The monoisotopic (exact) mass is 280 g/mol. The zero-order chi connectivity index (χ0) is 13.7. The Hall–Kier alpha value is -2.01. The maximum atomic E-state index is 5.70. The maximum absolute atomic E-state index is 5.70. The average molecular weight is 281 g/mol. The highest BCUT2D eigenvalue weighted by Gasteiger charge is 2.11. The van der Waals surface area contributed by atoms with Crippen LogP contribution in [0.4, 0.5) is 0 Å². The first-order valence-corrected chi connectivity index (χ1v) is 5.92. The molecule has 2 aromatic rings. The number of rotatable bonds is 5. The van der Waals surface area contributed by atoms with E-state index in [4.69, 9.17) is 25.8 Å². The summed E-state index contributed by atoms with van der Waals surface area (Å²) < 4.78 is 16.0. The van der Waals surface area contributed by atoms with Gasteiger partial charge in [-0.3, -0.25) is 4.98 Å². The number of ether oxygens (including phenoxy) is 3. The Balaban J connectivity index is 2.13. The van der Waals surface area contributed by atoms with Gasteiger partial charge in [-0.1, -0.05) is 11.6 Å². The van der Waals surface area contributed by atoms with E-state index in [1.807, 2.05) is 0 Å². The number of nitrogens with zero attached hydrogens (tertiary/aromatic N) is 2. The Morgan fingerprint density at radius 1 is 1.11 bits per heavy atom. The molecule has 0 amide bonds. The lowest BCUT2D eigenvalue weighted by Crippen LogP contribution is -2.03. The van der Waals surface area contributed by atoms with Gasteiger partial charge in [0.2, 0.25) is 0 Å². The molecule has 0 atom stereocenters. The van der Waals surface area contributed by atoms with Crippen molar-refractivity contribution in [3.63, 3.8) is 0 Å². The van der Waals surface area contributed by atoms with Crippen LogP contribution in [0.15, 0.2) is 30.6 Å². The highest BCUT2D eigenvalue weighted by molar-refractivity contribution is 6.29. The SMILES string of the molecule is COc1ccnc(COc2ccc(Cl)nc2)c1OC. The lowest BCUT2D eigenvalue weighted by molar-refractivity contribution is 0.284. The summed E-state index contributed by atoms with van der Waals surface area (Å²) in [6.45, 7) is 0.254. The fourth-order valence-corrected chi connectivity index (χ4v) is 1.66. The summed E-state index contributed by atoms with van der Waals surface area (Å²) in [5, 5.41) is 0.421. The molecule has 0 aliphatic heterocycles. The van der Waals surface area contributed by atoms with E-state index in [-0.39, 0.29) is 6.61 Å². The molecule has 2 aromatic heterocycles. The summed E-state index contributed by atoms with van der Waals surface area (Å²) in [6, 6.07) is 5.13. The quantitative estimate of drug-likeness (QED) is 0.788. The topological polar surface area (TPSA) is 53.5 Å². The van der Waals surface area contributed by atoms with Crippen molar-refractivity contribution < 1.29 is 14.2 Å². The third kappa shape index (κ3) is 3.26. The van der Waals surface area contributed by atoms with E-state index in [1.165, 1.54) is 0 Å². The van der Waals surface area contributed by atoms with Gasteiger partial charge in [0.15, 0.2) is 11.5 Å². The van der Waals surface area contributed by atoms with Crippen LogP contribution in [0.25, 0.3) is 0 Å². The van der Waals surface area contributed by atoms with Crippen molar-refractivity contribution in [3.8, 4) is 17.2 Å². The molecule has 0 unspecified atom stereocenters. The van der Waals surface area contributed by atoms with Crippen LogP contribution in [0, 0.1) is 0 Å². The molecule has 0 aliphatic carbocycles. The van der Waals surface area contributed by atoms with E-state index < -0.39 is 0 Å². The van der Waals surface area contributed by atoms with Crippen LogP contribution in [0.1, 0.15) is 5.69 Å². The highest BCUT2D eigenvalue weighted by Crippen LogP contribution is 2.29. The lowest BCUT2D eigenvalue weighted by Gasteiger charge is -2.12. The number of methoxy groups -OCH3 is 2. The number of hydrogen-bond donors (Lipinski definition) is 0. The first-order chi connectivity index (χ1) is 9.24. The molecular formula is C13H13ClN2O3. The minimum absolute atomic E-state index is 0.254. The Morgan fingerprint density at radius 3 is 2.58 bits per heavy atom. The van der Waals surface area contributed by atoms with Crippen LogP contribution in [0.5, 0.6) is 17.2 Å². The van der Waals surface area contributed by atoms with Gasteiger partial charge in [0.05, 0.1) is 20.4 Å². The molecule has 0 aliphatic rings. The fraction of sp³-hybridized carbons (Fsp3) is 0.231. The van der Waals surface area contributed by atoms with Gasteiger partial charge >= 0.3 is 0 Å². The van der Waals surface area contributed by atoms with Gasteiger partial charge in [-0.15, -0.1) is 0 Å². The second-order valence-corrected chi connectivity index (χ2v) is 3.99. The van der Waals surface area contributed by atoms with E-state index in [0.29, 0.717) is 28.1 Å². The van der Waals surface area contributed by atoms with Crippen LogP contribution in [0.3, 0.4) is 0 Å². The minimum Gasteiger partial charge on any atom is -0.493 e. The molecule has 5 nitrogen and oxygen atoms in total. The van der Waals surface area contributed by atoms with Gasteiger partial charge < -0.3 is 14.2 Å². The molecule has 0 fully saturated rings. The predicted octanol–water partition coefficient (Wildman–Crippen LogP) is 2.73. The molecule has 2 rings (SSSR count). The summed E-state index contributed by atoms with van der Waals surface area (Å²) in [5.74, 6) is 1.79. The third-order valence-electron chi connectivity index (χ3n) is 2.44. The molecule has 0 bridgehead atoms. The molecule has 0 spiro atoms. The lowest BCUT2D eigenvalue weighted by atomic mass is 10.3. The molecule has 2 heterocycles. The zero-order valence-corrected chi connectivity index (χ0v) is 11.3. The zero-order valence-electron chi connectivity index (χ0n) is 10.6. The Morgan fingerprint density at radius 2 is 1.95 bits per heavy atom. The normalized spacial score (nSPS) is 10.1. The van der Waals surface area contributed by atoms with Gasteiger partial charge in [0.25, 0.3) is 0 Å². The first kappa shape index (κ1) is 13.4. The van der Waals surface area contributed by atoms with E-state index in [1.54, 1.807) is 44.8 Å². The minimum atomic E-state index is 0.254. The first-order valence-electron chi connectivity index (χ1n) is 5.55. The van der Waals surface area contributed by atoms with E-state index in [0.717, 1.165) is 0 Å². The molecule has 19 heavy (non-hydrogen) atoms. The van der Waals surface area contributed by atoms with Gasteiger partial charge in [0, 0.05) is 12.3 Å². The number of pyridine rings is 2. The van der Waals surface area contributed by atoms with Crippen molar-refractivity contribution in [2.24, 2.45) is 0 Å². The standard InChI is InChI=1S/C13H13ClN2O3/c1-17-11-5-6-15-10(13(11)18-2)8-19-9-3-4-12(14)16-7-9/h3-7H,8H2,1-2H3. The Bertz CT molecular complexity index is 546. The van der Waals surface area contributed by atoms with E-state index >= 15 is 0 Å². The summed E-state index contributed by atoms with van der Waals surface area (Å²) in [6.07, 6.45) is 3.19. The second kappa shape index (κ2) is 6.24. The summed E-state index contributed by atoms with van der Waals surface area (Å²) >= 11 is 5.70. The molecular weight excluding hydrogens is 268 g/mol. The molecule has 6 heteroatoms. The Labute approximate surface area is 116 Å².